The van der Waals surface area contributed by atoms with E-state index >= 15 is 0 Å². The molecule has 44 valence electrons. The fourth-order valence-corrected chi connectivity index (χ4v) is 6.50. The van der Waals surface area contributed by atoms with E-state index in [1.807, 2.05) is 0 Å². The summed E-state index contributed by atoms with van der Waals surface area (Å²) in [6, 6.07) is 0.771. The van der Waals surface area contributed by atoms with Crippen LogP contribution in [0.2, 0.25) is 0 Å². The van der Waals surface area contributed by atoms with Crippen LogP contribution < -0.4 is 4.98 Å². The minimum Gasteiger partial charge on any atom is -0.343 e. The molecular formula is C3H15NSi3. The van der Waals surface area contributed by atoms with E-state index in [1.165, 1.54) is 9.76 Å². The molecule has 0 aromatic heterocycles. The summed E-state index contributed by atoms with van der Waals surface area (Å²) in [5, 5.41) is 0. The number of nitrogens with one attached hydrogen (secondary N) is 1. The van der Waals surface area contributed by atoms with Gasteiger partial charge in [0.25, 0.3) is 0 Å². The summed E-state index contributed by atoms with van der Waals surface area (Å²) < 4.78 is 0. The van der Waals surface area contributed by atoms with E-state index in [-0.39, 0.29) is 0 Å². The standard InChI is InChI=1S/C3H15NSi3/c1-3(2)4-6-7-5/h3-4H,6-7H2,1-2,5H3. The van der Waals surface area contributed by atoms with Gasteiger partial charge in [0.1, 0.15) is 0 Å². The van der Waals surface area contributed by atoms with Crippen molar-refractivity contribution in [1.82, 2.24) is 4.98 Å². The zero-order chi connectivity index (χ0) is 5.70. The van der Waals surface area contributed by atoms with Gasteiger partial charge in [0.05, 0.1) is 9.20 Å². The van der Waals surface area contributed by atoms with Crippen molar-refractivity contribution in [3.63, 3.8) is 0 Å². The maximum Gasteiger partial charge on any atom is 0.0729 e. The summed E-state index contributed by atoms with van der Waals surface area (Å²) in [6.07, 6.45) is 0. The van der Waals surface area contributed by atoms with E-state index < -0.39 is 0 Å². The summed E-state index contributed by atoms with van der Waals surface area (Å²) in [5.74, 6) is 0. The molecule has 0 fully saturated rings. The lowest BCUT2D eigenvalue weighted by atomic mass is 10.4. The largest absolute Gasteiger partial charge is 0.343 e. The molecule has 0 rings (SSSR count). The molecule has 0 radical (unpaired) electrons. The third-order valence-corrected chi connectivity index (χ3v) is 9.27. The Morgan fingerprint density at radius 2 is 2.14 bits per heavy atom. The van der Waals surface area contributed by atoms with Gasteiger partial charge in [-0.2, -0.15) is 0 Å². The lowest BCUT2D eigenvalue weighted by Gasteiger charge is -2.02. The van der Waals surface area contributed by atoms with Crippen molar-refractivity contribution >= 4 is 27.5 Å². The van der Waals surface area contributed by atoms with Gasteiger partial charge in [-0.05, 0) is 15.8 Å². The Kier molecular flexibility index (Phi) is 5.18. The lowest BCUT2D eigenvalue weighted by Crippen LogP contribution is -2.31. The van der Waals surface area contributed by atoms with Crippen LogP contribution in [0.5, 0.6) is 0 Å². The quantitative estimate of drug-likeness (QED) is 0.435. The molecule has 4 heteroatoms. The second kappa shape index (κ2) is 4.76. The van der Waals surface area contributed by atoms with Crippen molar-refractivity contribution < 1.29 is 0 Å². The highest BCUT2D eigenvalue weighted by Gasteiger charge is 1.86. The van der Waals surface area contributed by atoms with Crippen molar-refractivity contribution in [2.45, 2.75) is 19.9 Å². The predicted molar refractivity (Wildman–Crippen MR) is 45.3 cm³/mol. The Labute approximate surface area is 53.0 Å². The molecule has 0 aliphatic carbocycles. The number of hydrogen-bond donors (Lipinski definition) is 1. The molecule has 0 saturated heterocycles. The fraction of sp³-hybridized carbons (Fsp3) is 1.00. The molecule has 0 bridgehead atoms. The van der Waals surface area contributed by atoms with Gasteiger partial charge in [-0.3, -0.25) is 0 Å². The average Bonchev–Trinajstić information content (AvgIpc) is 1.61. The highest BCUT2D eigenvalue weighted by atomic mass is 29.5. The highest BCUT2D eigenvalue weighted by Crippen LogP contribution is 1.69. The van der Waals surface area contributed by atoms with Crippen LogP contribution >= 0.6 is 0 Å². The molecular weight excluding hydrogens is 134 g/mol. The van der Waals surface area contributed by atoms with Crippen molar-refractivity contribution in [3.8, 4) is 0 Å². The van der Waals surface area contributed by atoms with Gasteiger partial charge in [-0.25, -0.2) is 0 Å². The van der Waals surface area contributed by atoms with Crippen molar-refractivity contribution in [1.29, 1.82) is 0 Å². The molecule has 0 aromatic rings. The smallest absolute Gasteiger partial charge is 0.0729 e. The molecule has 0 aliphatic heterocycles. The molecule has 0 aliphatic rings. The van der Waals surface area contributed by atoms with Crippen LogP contribution in [-0.4, -0.2) is 33.6 Å². The second-order valence-corrected chi connectivity index (χ2v) is 17.5. The number of hydrogen-bond acceptors (Lipinski definition) is 1. The van der Waals surface area contributed by atoms with Crippen LogP contribution in [0.1, 0.15) is 13.8 Å². The Morgan fingerprint density at radius 3 is 2.29 bits per heavy atom. The van der Waals surface area contributed by atoms with E-state index in [4.69, 9.17) is 0 Å². The first kappa shape index (κ1) is 7.61. The van der Waals surface area contributed by atoms with Crippen molar-refractivity contribution in [2.75, 3.05) is 0 Å². The van der Waals surface area contributed by atoms with E-state index in [9.17, 15) is 0 Å². The molecule has 1 N–H and O–H groups in total. The van der Waals surface area contributed by atoms with Gasteiger partial charge < -0.3 is 4.98 Å². The third kappa shape index (κ3) is 6.61. The first-order valence-corrected chi connectivity index (χ1v) is 13.4. The first-order valence-electron chi connectivity index (χ1n) is 3.00. The van der Waals surface area contributed by atoms with Gasteiger partial charge in [0, 0.05) is 8.55 Å². The fourth-order valence-electron chi connectivity index (χ4n) is 0.433. The molecule has 0 atom stereocenters. The lowest BCUT2D eigenvalue weighted by molar-refractivity contribution is 0.758. The van der Waals surface area contributed by atoms with Crippen molar-refractivity contribution in [2.24, 2.45) is 0 Å². The van der Waals surface area contributed by atoms with Gasteiger partial charge in [0.15, 0.2) is 0 Å². The monoisotopic (exact) mass is 149 g/mol. The zero-order valence-corrected chi connectivity index (χ0v) is 10.3. The summed E-state index contributed by atoms with van der Waals surface area (Å²) in [6.45, 7) is 4.47. The topological polar surface area (TPSA) is 12.0 Å². The van der Waals surface area contributed by atoms with E-state index in [2.05, 4.69) is 18.8 Å². The number of rotatable bonds is 3. The van der Waals surface area contributed by atoms with E-state index in [0.717, 1.165) is 6.04 Å². The normalized spacial score (nSPS) is 14.1. The molecule has 0 spiro atoms. The zero-order valence-electron chi connectivity index (χ0n) is 5.49. The molecule has 0 aromatic carbocycles. The minimum atomic E-state index is 0.325. The van der Waals surface area contributed by atoms with Crippen LogP contribution in [0.4, 0.5) is 0 Å². The van der Waals surface area contributed by atoms with Crippen LogP contribution in [0.3, 0.4) is 0 Å². The van der Waals surface area contributed by atoms with Crippen molar-refractivity contribution in [3.05, 3.63) is 0 Å². The molecule has 0 saturated carbocycles. The van der Waals surface area contributed by atoms with Crippen LogP contribution in [0.25, 0.3) is 0 Å². The first-order chi connectivity index (χ1) is 3.27. The second-order valence-electron chi connectivity index (χ2n) is 2.11. The van der Waals surface area contributed by atoms with Gasteiger partial charge >= 0.3 is 0 Å². The maximum atomic E-state index is 3.53. The van der Waals surface area contributed by atoms with E-state index in [0.29, 0.717) is 17.8 Å². The van der Waals surface area contributed by atoms with Gasteiger partial charge in [-0.15, -0.1) is 0 Å². The Hall–Kier alpha value is 0.611. The molecule has 0 amide bonds. The summed E-state index contributed by atoms with van der Waals surface area (Å²) in [5.41, 5.74) is 0. The summed E-state index contributed by atoms with van der Waals surface area (Å²) in [7, 11) is 2.40. The van der Waals surface area contributed by atoms with Gasteiger partial charge in [-0.1, -0.05) is 13.8 Å². The molecule has 0 heterocycles. The highest BCUT2D eigenvalue weighted by molar-refractivity contribution is 7.23. The molecule has 7 heavy (non-hydrogen) atoms. The minimum absolute atomic E-state index is 0.325. The average molecular weight is 149 g/mol. The summed E-state index contributed by atoms with van der Waals surface area (Å²) >= 11 is 0. The Morgan fingerprint density at radius 1 is 1.57 bits per heavy atom. The Bertz CT molecular complexity index is 39.2. The van der Waals surface area contributed by atoms with Gasteiger partial charge in [0.2, 0.25) is 0 Å². The van der Waals surface area contributed by atoms with E-state index in [1.54, 1.807) is 0 Å². The Balaban J connectivity index is 2.68. The molecule has 1 nitrogen and oxygen atoms in total. The maximum absolute atomic E-state index is 3.53. The van der Waals surface area contributed by atoms with Crippen LogP contribution in [0.15, 0.2) is 0 Å². The summed E-state index contributed by atoms with van der Waals surface area (Å²) in [4.78, 5) is 3.53. The molecule has 0 unspecified atom stereocenters. The third-order valence-electron chi connectivity index (χ3n) is 0.803. The van der Waals surface area contributed by atoms with Crippen LogP contribution in [-0.2, 0) is 0 Å². The predicted octanol–water partition coefficient (Wildman–Crippen LogP) is -2.57. The SMILES string of the molecule is CC(C)N[SiH2][SiH2][SiH3]. The van der Waals surface area contributed by atoms with Crippen LogP contribution in [0, 0.1) is 0 Å².